The van der Waals surface area contributed by atoms with Crippen LogP contribution in [-0.4, -0.2) is 58.9 Å². The molecule has 3 aromatic heterocycles. The van der Waals surface area contributed by atoms with Gasteiger partial charge in [0, 0.05) is 6.20 Å². The molecular formula is C21H21F2N7O4. The molecule has 0 unspecified atom stereocenters. The third-order valence-corrected chi connectivity index (χ3v) is 5.27. The SMILES string of the molecule is Cc1nc2c(OCc3c(F)cccc3F)cccn2c1C(=O)NC(CO)(CO)c1nnn(C)n1. The third kappa shape index (κ3) is 4.06. The van der Waals surface area contributed by atoms with Crippen molar-refractivity contribution in [2.45, 2.75) is 19.1 Å². The van der Waals surface area contributed by atoms with E-state index in [1.54, 1.807) is 25.3 Å². The Morgan fingerprint density at radius 3 is 2.50 bits per heavy atom. The van der Waals surface area contributed by atoms with Gasteiger partial charge in [0.15, 0.2) is 16.9 Å². The summed E-state index contributed by atoms with van der Waals surface area (Å²) >= 11 is 0. The summed E-state index contributed by atoms with van der Waals surface area (Å²) in [5.74, 6) is -2.05. The minimum atomic E-state index is -1.70. The highest BCUT2D eigenvalue weighted by Gasteiger charge is 2.39. The van der Waals surface area contributed by atoms with Crippen LogP contribution in [-0.2, 0) is 19.2 Å². The van der Waals surface area contributed by atoms with Gasteiger partial charge in [0.05, 0.1) is 31.5 Å². The third-order valence-electron chi connectivity index (χ3n) is 5.27. The first-order chi connectivity index (χ1) is 16.3. The zero-order valence-corrected chi connectivity index (χ0v) is 18.2. The average Bonchev–Trinajstić information content (AvgIpc) is 3.40. The number of pyridine rings is 1. The van der Waals surface area contributed by atoms with Crippen LogP contribution in [0.2, 0.25) is 0 Å². The number of aromatic nitrogens is 6. The van der Waals surface area contributed by atoms with Gasteiger partial charge in [0.1, 0.15) is 23.9 Å². The normalized spacial score (nSPS) is 11.7. The Morgan fingerprint density at radius 2 is 1.88 bits per heavy atom. The Bertz CT molecular complexity index is 1330. The summed E-state index contributed by atoms with van der Waals surface area (Å²) in [5.41, 5.74) is -1.30. The lowest BCUT2D eigenvalue weighted by Crippen LogP contribution is -2.52. The first-order valence-corrected chi connectivity index (χ1v) is 10.1. The molecule has 1 aromatic carbocycles. The molecule has 0 bridgehead atoms. The predicted molar refractivity (Wildman–Crippen MR) is 113 cm³/mol. The van der Waals surface area contributed by atoms with Crippen LogP contribution in [0.4, 0.5) is 8.78 Å². The summed E-state index contributed by atoms with van der Waals surface area (Å²) in [4.78, 5) is 18.7. The number of aliphatic hydroxyl groups is 2. The van der Waals surface area contributed by atoms with Crippen LogP contribution in [0, 0.1) is 18.6 Å². The Hall–Kier alpha value is -3.97. The van der Waals surface area contributed by atoms with Crippen LogP contribution in [0.5, 0.6) is 5.75 Å². The minimum absolute atomic E-state index is 0.0734. The minimum Gasteiger partial charge on any atom is -0.485 e. The van der Waals surface area contributed by atoms with Crippen molar-refractivity contribution < 1.29 is 28.5 Å². The highest BCUT2D eigenvalue weighted by atomic mass is 19.1. The second-order valence-electron chi connectivity index (χ2n) is 7.56. The number of tetrazole rings is 1. The van der Waals surface area contributed by atoms with Crippen LogP contribution in [0.15, 0.2) is 36.5 Å². The summed E-state index contributed by atoms with van der Waals surface area (Å²) in [5, 5.41) is 33.9. The number of aliphatic hydroxyl groups excluding tert-OH is 2. The van der Waals surface area contributed by atoms with Crippen molar-refractivity contribution in [1.82, 2.24) is 34.9 Å². The zero-order chi connectivity index (χ0) is 24.5. The molecule has 4 aromatic rings. The van der Waals surface area contributed by atoms with Gasteiger partial charge >= 0.3 is 0 Å². The summed E-state index contributed by atoms with van der Waals surface area (Å²) in [7, 11) is 1.50. The van der Waals surface area contributed by atoms with Crippen molar-refractivity contribution in [2.24, 2.45) is 7.05 Å². The smallest absolute Gasteiger partial charge is 0.271 e. The van der Waals surface area contributed by atoms with Crippen LogP contribution < -0.4 is 10.1 Å². The van der Waals surface area contributed by atoms with Gasteiger partial charge in [-0.05, 0) is 36.4 Å². The van der Waals surface area contributed by atoms with E-state index in [1.807, 2.05) is 0 Å². The zero-order valence-electron chi connectivity index (χ0n) is 18.2. The lowest BCUT2D eigenvalue weighted by atomic mass is 10.0. The molecular weight excluding hydrogens is 452 g/mol. The number of nitrogens with one attached hydrogen (secondary N) is 1. The number of carbonyl (C=O) groups excluding carboxylic acids is 1. The van der Waals surface area contributed by atoms with Gasteiger partial charge < -0.3 is 20.3 Å². The number of hydrogen-bond donors (Lipinski definition) is 3. The van der Waals surface area contributed by atoms with Crippen LogP contribution in [0.25, 0.3) is 5.65 Å². The predicted octanol–water partition coefficient (Wildman–Crippen LogP) is 0.633. The molecule has 1 amide bonds. The molecule has 4 rings (SSSR count). The van der Waals surface area contributed by atoms with E-state index in [-0.39, 0.29) is 35.1 Å². The molecule has 3 heterocycles. The summed E-state index contributed by atoms with van der Waals surface area (Å²) in [6, 6.07) is 6.65. The van der Waals surface area contributed by atoms with Gasteiger partial charge in [-0.15, -0.1) is 10.2 Å². The molecule has 13 heteroatoms. The number of imidazole rings is 1. The molecule has 0 aliphatic carbocycles. The molecule has 0 spiro atoms. The van der Waals surface area contributed by atoms with Crippen molar-refractivity contribution in [3.63, 3.8) is 0 Å². The fourth-order valence-electron chi connectivity index (χ4n) is 3.44. The van der Waals surface area contributed by atoms with E-state index < -0.39 is 36.3 Å². The number of nitrogens with zero attached hydrogens (tertiary/aromatic N) is 6. The van der Waals surface area contributed by atoms with E-state index in [1.165, 1.54) is 17.5 Å². The quantitative estimate of drug-likeness (QED) is 0.339. The standard InChI is InChI=1S/C21H21F2N7O4/c1-12-17(19(33)25-21(10-31,11-32)20-26-28-29(2)27-20)30-8-4-7-16(18(30)24-12)34-9-13-14(22)5-3-6-15(13)23/h3-8,31-32H,9-11H2,1-2H3,(H,25,33). The molecule has 0 radical (unpaired) electrons. The number of hydrogen-bond acceptors (Lipinski definition) is 8. The van der Waals surface area contributed by atoms with E-state index in [0.29, 0.717) is 5.69 Å². The van der Waals surface area contributed by atoms with E-state index in [9.17, 15) is 23.8 Å². The van der Waals surface area contributed by atoms with Gasteiger partial charge in [-0.3, -0.25) is 9.20 Å². The van der Waals surface area contributed by atoms with E-state index in [4.69, 9.17) is 4.74 Å². The van der Waals surface area contributed by atoms with Gasteiger partial charge in [0.25, 0.3) is 5.91 Å². The van der Waals surface area contributed by atoms with Crippen molar-refractivity contribution in [1.29, 1.82) is 0 Å². The van der Waals surface area contributed by atoms with E-state index in [0.717, 1.165) is 16.9 Å². The summed E-state index contributed by atoms with van der Waals surface area (Å²) < 4.78 is 35.0. The lowest BCUT2D eigenvalue weighted by Gasteiger charge is -2.27. The Kier molecular flexibility index (Phi) is 6.22. The second kappa shape index (κ2) is 9.11. The van der Waals surface area contributed by atoms with Gasteiger partial charge in [-0.2, -0.15) is 4.80 Å². The molecule has 0 aliphatic heterocycles. The Balaban J connectivity index is 1.66. The number of amides is 1. The number of benzene rings is 1. The number of halogens is 2. The average molecular weight is 473 g/mol. The summed E-state index contributed by atoms with van der Waals surface area (Å²) in [6.45, 7) is -0.191. The number of carbonyl (C=O) groups is 1. The maximum Gasteiger partial charge on any atom is 0.271 e. The molecule has 0 aliphatic rings. The first-order valence-electron chi connectivity index (χ1n) is 10.1. The maximum atomic E-state index is 14.0. The van der Waals surface area contributed by atoms with Gasteiger partial charge in [-0.25, -0.2) is 13.8 Å². The molecule has 34 heavy (non-hydrogen) atoms. The van der Waals surface area contributed by atoms with Crippen LogP contribution >= 0.6 is 0 Å². The van der Waals surface area contributed by atoms with Gasteiger partial charge in [0.2, 0.25) is 5.82 Å². The number of fused-ring (bicyclic) bond motifs is 1. The first kappa shape index (κ1) is 23.2. The lowest BCUT2D eigenvalue weighted by molar-refractivity contribution is 0.0619. The van der Waals surface area contributed by atoms with Gasteiger partial charge in [-0.1, -0.05) is 6.07 Å². The van der Waals surface area contributed by atoms with E-state index in [2.05, 4.69) is 25.7 Å². The van der Waals surface area contributed by atoms with Crippen molar-refractivity contribution in [2.75, 3.05) is 13.2 Å². The Morgan fingerprint density at radius 1 is 1.18 bits per heavy atom. The highest BCUT2D eigenvalue weighted by molar-refractivity contribution is 5.95. The summed E-state index contributed by atoms with van der Waals surface area (Å²) in [6.07, 6.45) is 1.56. The molecule has 11 nitrogen and oxygen atoms in total. The topological polar surface area (TPSA) is 140 Å². The fraction of sp³-hybridized carbons (Fsp3) is 0.286. The second-order valence-corrected chi connectivity index (χ2v) is 7.56. The number of ether oxygens (including phenoxy) is 1. The van der Waals surface area contributed by atoms with Crippen LogP contribution in [0.3, 0.4) is 0 Å². The molecule has 178 valence electrons. The highest BCUT2D eigenvalue weighted by Crippen LogP contribution is 2.25. The van der Waals surface area contributed by atoms with Crippen molar-refractivity contribution >= 4 is 11.6 Å². The van der Waals surface area contributed by atoms with Crippen molar-refractivity contribution in [3.8, 4) is 5.75 Å². The monoisotopic (exact) mass is 473 g/mol. The maximum absolute atomic E-state index is 14.0. The van der Waals surface area contributed by atoms with Crippen LogP contribution in [0.1, 0.15) is 27.6 Å². The largest absolute Gasteiger partial charge is 0.485 e. The molecule has 0 atom stereocenters. The number of aryl methyl sites for hydroxylation is 2. The molecule has 0 fully saturated rings. The Labute approximate surface area is 191 Å². The molecule has 3 N–H and O–H groups in total. The molecule has 0 saturated heterocycles. The van der Waals surface area contributed by atoms with E-state index >= 15 is 0 Å². The molecule has 0 saturated carbocycles. The van der Waals surface area contributed by atoms with Crippen molar-refractivity contribution in [3.05, 3.63) is 70.9 Å². The number of rotatable bonds is 8. The fourth-order valence-corrected chi connectivity index (χ4v) is 3.44.